The minimum Gasteiger partial charge on any atom is -0.316 e. The van der Waals surface area contributed by atoms with Crippen molar-refractivity contribution < 1.29 is 8.78 Å². The Bertz CT molecular complexity index is 84.5. The maximum Gasteiger partial charge on any atom is 0.242 e. The highest BCUT2D eigenvalue weighted by Gasteiger charge is 2.42. The lowest BCUT2D eigenvalue weighted by Gasteiger charge is -1.93. The van der Waals surface area contributed by atoms with Gasteiger partial charge in [-0.3, -0.25) is 0 Å². The number of hydrogen-bond acceptors (Lipinski definition) is 1. The van der Waals surface area contributed by atoms with Crippen molar-refractivity contribution in [1.29, 1.82) is 0 Å². The van der Waals surface area contributed by atoms with Crippen LogP contribution in [0.5, 0.6) is 0 Å². The van der Waals surface area contributed by atoms with Crippen molar-refractivity contribution in [3.8, 4) is 0 Å². The lowest BCUT2D eigenvalue weighted by molar-refractivity contribution is 0.119. The van der Waals surface area contributed by atoms with Crippen LogP contribution in [0.1, 0.15) is 6.42 Å². The van der Waals surface area contributed by atoms with Crippen LogP contribution >= 0.6 is 0 Å². The normalized spacial score (nSPS) is 36.0. The zero-order valence-electron chi connectivity index (χ0n) is 4.70. The third kappa shape index (κ3) is 0.968. The van der Waals surface area contributed by atoms with Gasteiger partial charge in [-0.05, 0) is 13.5 Å². The van der Waals surface area contributed by atoms with Crippen LogP contribution in [-0.2, 0) is 0 Å². The van der Waals surface area contributed by atoms with Crippen molar-refractivity contribution in [3.63, 3.8) is 0 Å². The van der Waals surface area contributed by atoms with Crippen LogP contribution in [0.3, 0.4) is 0 Å². The van der Waals surface area contributed by atoms with Crippen molar-refractivity contribution in [2.75, 3.05) is 7.05 Å². The Morgan fingerprint density at radius 3 is 2.38 bits per heavy atom. The summed E-state index contributed by atoms with van der Waals surface area (Å²) in [6.45, 7) is 0. The van der Waals surface area contributed by atoms with Gasteiger partial charge in [0.2, 0.25) is 6.43 Å². The third-order valence-corrected chi connectivity index (χ3v) is 1.53. The topological polar surface area (TPSA) is 12.0 Å². The van der Waals surface area contributed by atoms with Crippen molar-refractivity contribution in [2.24, 2.45) is 5.92 Å². The van der Waals surface area contributed by atoms with E-state index in [1.807, 2.05) is 0 Å². The molecule has 0 bridgehead atoms. The molecule has 48 valence electrons. The Balaban J connectivity index is 2.16. The summed E-state index contributed by atoms with van der Waals surface area (Å²) in [6.07, 6.45) is -1.47. The molecule has 1 aliphatic rings. The summed E-state index contributed by atoms with van der Waals surface area (Å²) in [5.41, 5.74) is 0. The first-order valence-corrected chi connectivity index (χ1v) is 2.71. The molecule has 1 fully saturated rings. The second-order valence-corrected chi connectivity index (χ2v) is 2.13. The van der Waals surface area contributed by atoms with E-state index < -0.39 is 6.43 Å². The molecule has 0 aliphatic heterocycles. The summed E-state index contributed by atoms with van der Waals surface area (Å²) >= 11 is 0. The summed E-state index contributed by atoms with van der Waals surface area (Å²) < 4.78 is 23.2. The molecular formula is C5H9F2N. The Labute approximate surface area is 47.1 Å². The summed E-state index contributed by atoms with van der Waals surface area (Å²) in [4.78, 5) is 0. The quantitative estimate of drug-likeness (QED) is 0.571. The molecule has 8 heavy (non-hydrogen) atoms. The molecule has 1 saturated carbocycles. The minimum absolute atomic E-state index is 0.0926. The van der Waals surface area contributed by atoms with E-state index in [0.29, 0.717) is 6.42 Å². The van der Waals surface area contributed by atoms with Gasteiger partial charge < -0.3 is 5.32 Å². The molecular weight excluding hydrogens is 112 g/mol. The van der Waals surface area contributed by atoms with E-state index in [9.17, 15) is 8.78 Å². The molecule has 1 rings (SSSR count). The van der Waals surface area contributed by atoms with Gasteiger partial charge in [0.1, 0.15) is 0 Å². The fraction of sp³-hybridized carbons (Fsp3) is 1.00. The molecule has 2 atom stereocenters. The maximum atomic E-state index is 11.6. The first-order valence-electron chi connectivity index (χ1n) is 2.71. The van der Waals surface area contributed by atoms with Gasteiger partial charge in [0.15, 0.2) is 0 Å². The Morgan fingerprint density at radius 2 is 2.25 bits per heavy atom. The van der Waals surface area contributed by atoms with Crippen molar-refractivity contribution in [2.45, 2.75) is 18.9 Å². The number of hydrogen-bond donors (Lipinski definition) is 1. The molecule has 0 unspecified atom stereocenters. The molecule has 0 amide bonds. The first-order chi connectivity index (χ1) is 3.75. The zero-order chi connectivity index (χ0) is 6.15. The highest BCUT2D eigenvalue weighted by molar-refractivity contribution is 4.93. The summed E-state index contributed by atoms with van der Waals surface area (Å²) in [5.74, 6) is -0.361. The minimum atomic E-state index is -2.12. The molecule has 0 aromatic rings. The van der Waals surface area contributed by atoms with Crippen molar-refractivity contribution in [1.82, 2.24) is 5.32 Å². The molecule has 1 nitrogen and oxygen atoms in total. The second kappa shape index (κ2) is 1.97. The molecule has 0 heterocycles. The van der Waals surface area contributed by atoms with Crippen LogP contribution in [0.4, 0.5) is 8.78 Å². The predicted octanol–water partition coefficient (Wildman–Crippen LogP) is 0.859. The molecule has 0 spiro atoms. The molecule has 1 aliphatic carbocycles. The van der Waals surface area contributed by atoms with Crippen LogP contribution < -0.4 is 5.32 Å². The highest BCUT2D eigenvalue weighted by atomic mass is 19.3. The fourth-order valence-corrected chi connectivity index (χ4v) is 0.825. The predicted molar refractivity (Wildman–Crippen MR) is 27.0 cm³/mol. The monoisotopic (exact) mass is 121 g/mol. The lowest BCUT2D eigenvalue weighted by Crippen LogP contribution is -2.13. The van der Waals surface area contributed by atoms with E-state index in [-0.39, 0.29) is 12.0 Å². The Hall–Kier alpha value is -0.180. The van der Waals surface area contributed by atoms with E-state index in [1.54, 1.807) is 7.05 Å². The lowest BCUT2D eigenvalue weighted by atomic mass is 10.4. The molecule has 0 radical (unpaired) electrons. The van der Waals surface area contributed by atoms with Gasteiger partial charge in [0.05, 0.1) is 0 Å². The standard InChI is InChI=1S/C5H9F2N/c1-8-4-2-3(4)5(6)7/h3-5,8H,2H2,1H3/t3-,4+/m0/s1. The van der Waals surface area contributed by atoms with E-state index in [4.69, 9.17) is 0 Å². The van der Waals surface area contributed by atoms with Gasteiger partial charge in [0, 0.05) is 12.0 Å². The average Bonchev–Trinajstić information content (AvgIpc) is 2.42. The van der Waals surface area contributed by atoms with E-state index in [0.717, 1.165) is 0 Å². The SMILES string of the molecule is CN[C@@H]1C[C@@H]1C(F)F. The third-order valence-electron chi connectivity index (χ3n) is 1.53. The zero-order valence-corrected chi connectivity index (χ0v) is 4.70. The molecule has 0 aromatic carbocycles. The number of halogens is 2. The van der Waals surface area contributed by atoms with E-state index >= 15 is 0 Å². The van der Waals surface area contributed by atoms with Crippen LogP contribution in [0.25, 0.3) is 0 Å². The van der Waals surface area contributed by atoms with Crippen LogP contribution in [0.2, 0.25) is 0 Å². The maximum absolute atomic E-state index is 11.6. The summed E-state index contributed by atoms with van der Waals surface area (Å²) in [7, 11) is 1.72. The van der Waals surface area contributed by atoms with Crippen molar-refractivity contribution in [3.05, 3.63) is 0 Å². The summed E-state index contributed by atoms with van der Waals surface area (Å²) in [5, 5.41) is 2.79. The largest absolute Gasteiger partial charge is 0.316 e. The Morgan fingerprint density at radius 1 is 1.62 bits per heavy atom. The van der Waals surface area contributed by atoms with Gasteiger partial charge in [-0.1, -0.05) is 0 Å². The van der Waals surface area contributed by atoms with Crippen LogP contribution in [0, 0.1) is 5.92 Å². The Kier molecular flexibility index (Phi) is 1.47. The average molecular weight is 121 g/mol. The molecule has 1 N–H and O–H groups in total. The van der Waals surface area contributed by atoms with Crippen molar-refractivity contribution >= 4 is 0 Å². The molecule has 0 aromatic heterocycles. The summed E-state index contributed by atoms with van der Waals surface area (Å²) in [6, 6.07) is 0.0926. The van der Waals surface area contributed by atoms with Crippen LogP contribution in [0.15, 0.2) is 0 Å². The number of nitrogens with one attached hydrogen (secondary N) is 1. The van der Waals surface area contributed by atoms with Gasteiger partial charge in [-0.2, -0.15) is 0 Å². The first kappa shape index (κ1) is 5.95. The second-order valence-electron chi connectivity index (χ2n) is 2.13. The van der Waals surface area contributed by atoms with E-state index in [2.05, 4.69) is 5.32 Å². The smallest absolute Gasteiger partial charge is 0.242 e. The van der Waals surface area contributed by atoms with Gasteiger partial charge >= 0.3 is 0 Å². The van der Waals surface area contributed by atoms with Crippen LogP contribution in [-0.4, -0.2) is 19.5 Å². The van der Waals surface area contributed by atoms with Gasteiger partial charge in [-0.25, -0.2) is 8.78 Å². The molecule has 0 saturated heterocycles. The number of rotatable bonds is 2. The fourth-order valence-electron chi connectivity index (χ4n) is 0.825. The van der Waals surface area contributed by atoms with E-state index in [1.165, 1.54) is 0 Å². The highest BCUT2D eigenvalue weighted by Crippen LogP contribution is 2.35. The number of alkyl halides is 2. The van der Waals surface area contributed by atoms with Gasteiger partial charge in [-0.15, -0.1) is 0 Å². The molecule has 3 heteroatoms. The van der Waals surface area contributed by atoms with Gasteiger partial charge in [0.25, 0.3) is 0 Å².